The van der Waals surface area contributed by atoms with Gasteiger partial charge in [0, 0.05) is 85.2 Å². The van der Waals surface area contributed by atoms with Crippen molar-refractivity contribution in [3.8, 4) is 0 Å². The van der Waals surface area contributed by atoms with Crippen molar-refractivity contribution in [3.63, 3.8) is 0 Å². The van der Waals surface area contributed by atoms with E-state index in [1.807, 2.05) is 12.1 Å². The lowest BCUT2D eigenvalue weighted by Crippen LogP contribution is -2.45. The smallest absolute Gasteiger partial charge is 0.376 e. The maximum atomic E-state index is 14.7. The summed E-state index contributed by atoms with van der Waals surface area (Å²) >= 11 is 42.6. The van der Waals surface area contributed by atoms with Gasteiger partial charge in [0.05, 0.1) is 57.3 Å². The predicted octanol–water partition coefficient (Wildman–Crippen LogP) is 2.43. The number of ether oxygens (including phenoxy) is 4. The molecule has 8 unspecified atom stereocenters. The SMILES string of the molecule is Cn1nc(Cn2c(=O)ccn([C@@H]3O[C@H](COP(=O)(O)C(Cl)(Cl)P(=O)(O)O)C(O)[C@@H]3O)c2=O)c2ccccc21.O=c1ccn([C@@H]2O[C@H](COP(=O)(O)C(Cl)(Cl)P(=O)(O)O)C(O)[C@@H]2O)c(=O)n1CC(F)(F)c1ccccc1.O=c1ccn([C@@H]2O[C@H](COP(=O)(O)C(Cl)(Cl)P(=O)(O)O)C(O)[C@@H]2O)c(=O)n1CC(F)(F)c1ccccc1.O=c1ccn([C@@H]2O[C@H](COP(=O)(O)C(Cl)(Cl)P(=O)(O)O)C(O)[C@@H]2O)c(=O)n1CCc1ccc(F)cc1F. The Morgan fingerprint density at radius 3 is 0.926 bits per heavy atom. The number of aryl methyl sites for hydroxylation is 2. The highest BCUT2D eigenvalue weighted by Gasteiger charge is 2.65. The second-order valence-electron chi connectivity index (χ2n) is 32.2. The van der Waals surface area contributed by atoms with E-state index in [0.717, 1.165) is 105 Å². The van der Waals surface area contributed by atoms with Gasteiger partial charge < -0.3 is 137 Å². The molecule has 76 heteroatoms. The van der Waals surface area contributed by atoms with Crippen LogP contribution in [0.15, 0.2) is 191 Å². The van der Waals surface area contributed by atoms with Crippen molar-refractivity contribution in [1.82, 2.24) is 46.3 Å². The molecular weight excluding hydrogens is 2370 g/mol. The summed E-state index contributed by atoms with van der Waals surface area (Å²) in [5.41, 5.74) is -8.02. The minimum absolute atomic E-state index is 0.0197. The van der Waals surface area contributed by atoms with Crippen LogP contribution in [0.1, 0.15) is 47.3 Å². The molecule has 0 radical (unpaired) electrons. The summed E-state index contributed by atoms with van der Waals surface area (Å²) in [4.78, 5) is 213. The number of alkyl halides is 12. The van der Waals surface area contributed by atoms with Crippen LogP contribution in [0.3, 0.4) is 0 Å². The van der Waals surface area contributed by atoms with Crippen LogP contribution < -0.4 is 45.0 Å². The minimum Gasteiger partial charge on any atom is -0.387 e. The summed E-state index contributed by atoms with van der Waals surface area (Å²) in [6.45, 7) is -7.56. The highest BCUT2D eigenvalue weighted by Crippen LogP contribution is 2.79. The van der Waals surface area contributed by atoms with Crippen molar-refractivity contribution < 1.29 is 199 Å². The first-order valence-corrected chi connectivity index (χ1v) is 56.8. The second kappa shape index (κ2) is 47.2. The zero-order valence-corrected chi connectivity index (χ0v) is 87.3. The van der Waals surface area contributed by atoms with Crippen LogP contribution in [0.2, 0.25) is 0 Å². The predicted molar refractivity (Wildman–Crippen MR) is 503 cm³/mol. The first-order valence-electron chi connectivity index (χ1n) is 41.0. The summed E-state index contributed by atoms with van der Waals surface area (Å²) in [5, 5.41) is 87.8. The monoisotopic (exact) mass is 2440 g/mol. The Morgan fingerprint density at radius 2 is 0.631 bits per heavy atom. The van der Waals surface area contributed by atoms with Crippen LogP contribution in [0, 0.1) is 11.6 Å². The van der Waals surface area contributed by atoms with Crippen molar-refractivity contribution >= 4 is 164 Å². The molecule has 826 valence electrons. The third kappa shape index (κ3) is 26.9. The largest absolute Gasteiger partial charge is 0.387 e. The number of halogens is 14. The van der Waals surface area contributed by atoms with Crippen LogP contribution in [0.4, 0.5) is 26.3 Å². The molecule has 0 aliphatic carbocycles. The van der Waals surface area contributed by atoms with Crippen LogP contribution >= 0.6 is 154 Å². The Kier molecular flexibility index (Phi) is 39.5. The van der Waals surface area contributed by atoms with Gasteiger partial charge in [-0.3, -0.25) is 96.9 Å². The van der Waals surface area contributed by atoms with Crippen molar-refractivity contribution in [3.05, 3.63) is 270 Å². The molecule has 0 bridgehead atoms. The zero-order valence-electron chi connectivity index (χ0n) is 74.1. The highest BCUT2D eigenvalue weighted by molar-refractivity contribution is 7.80. The number of nitrogens with zero attached hydrogens (tertiary/aromatic N) is 10. The number of hydrogen-bond acceptors (Lipinski definition) is 33. The van der Waals surface area contributed by atoms with E-state index < -0.39 is 293 Å². The van der Waals surface area contributed by atoms with Gasteiger partial charge in [-0.25, -0.2) is 28.0 Å². The van der Waals surface area contributed by atoms with Gasteiger partial charge in [-0.1, -0.05) is 178 Å². The third-order valence-corrected chi connectivity index (χ3v) is 46.2. The Hall–Kier alpha value is -6.31. The molecule has 9 heterocycles. The highest BCUT2D eigenvalue weighted by atomic mass is 35.5. The fourth-order valence-corrected chi connectivity index (χ4v) is 23.2. The summed E-state index contributed by atoms with van der Waals surface area (Å²) in [6, 6.07) is 26.1. The number of rotatable bonds is 35. The molecule has 54 nitrogen and oxygen atoms in total. The molecule has 5 aromatic heterocycles. The molecule has 9 aromatic rings. The number of hydrogen-bond donors (Lipinski definition) is 20. The Bertz CT molecular complexity index is 7160. The van der Waals surface area contributed by atoms with Crippen molar-refractivity contribution in [1.29, 1.82) is 0 Å². The van der Waals surface area contributed by atoms with Gasteiger partial charge in [0.15, 0.2) is 24.9 Å². The topological polar surface area (TPSA) is 809 Å². The van der Waals surface area contributed by atoms with E-state index in [9.17, 15) is 162 Å². The number of benzene rings is 4. The zero-order chi connectivity index (χ0) is 112. The van der Waals surface area contributed by atoms with E-state index >= 15 is 0 Å². The third-order valence-electron chi connectivity index (χ3n) is 22.1. The molecule has 4 fully saturated rings. The Labute approximate surface area is 865 Å². The molecule has 0 saturated carbocycles. The van der Waals surface area contributed by atoms with Gasteiger partial charge in [0.25, 0.3) is 34.1 Å². The average Bonchev–Trinajstić information content (AvgIpc) is 1.30. The van der Waals surface area contributed by atoms with Gasteiger partial charge >= 0.3 is 98.8 Å². The molecular formula is C73H82Cl8F6N10O44P8. The maximum Gasteiger partial charge on any atom is 0.376 e. The van der Waals surface area contributed by atoms with Gasteiger partial charge in [-0.15, -0.1) is 0 Å². The fourth-order valence-electron chi connectivity index (χ4n) is 14.1. The molecule has 0 spiro atoms. The minimum atomic E-state index is -5.59. The van der Waals surface area contributed by atoms with Gasteiger partial charge in [0.1, 0.15) is 84.9 Å². The summed E-state index contributed by atoms with van der Waals surface area (Å²) in [6.07, 6.45) is -24.9. The molecule has 13 rings (SSSR count). The van der Waals surface area contributed by atoms with Crippen LogP contribution in [-0.4, -0.2) is 261 Å². The van der Waals surface area contributed by atoms with E-state index in [1.54, 1.807) is 23.9 Å². The van der Waals surface area contributed by atoms with Gasteiger partial charge in [-0.2, -0.15) is 22.7 Å². The Balaban J connectivity index is 0.000000203. The molecule has 20 atom stereocenters. The van der Waals surface area contributed by atoms with Crippen molar-refractivity contribution in [2.45, 2.75) is 158 Å². The number of aromatic nitrogens is 10. The number of aliphatic hydroxyl groups is 8. The van der Waals surface area contributed by atoms with Crippen molar-refractivity contribution in [2.75, 3.05) is 26.4 Å². The molecule has 149 heavy (non-hydrogen) atoms. The molecule has 4 aromatic carbocycles. The first kappa shape index (κ1) is 124. The molecule has 4 saturated heterocycles. The van der Waals surface area contributed by atoms with Crippen molar-refractivity contribution in [2.24, 2.45) is 7.05 Å². The average molecular weight is 2450 g/mol. The summed E-state index contributed by atoms with van der Waals surface area (Å²) < 4.78 is 212. The lowest BCUT2D eigenvalue weighted by Gasteiger charge is -2.26. The summed E-state index contributed by atoms with van der Waals surface area (Å²) in [5.74, 6) is -8.99. The normalized spacial score (nSPS) is 24.4. The number of fused-ring (bicyclic) bond motifs is 1. The lowest BCUT2D eigenvalue weighted by atomic mass is 10.1. The van der Waals surface area contributed by atoms with Crippen LogP contribution in [-0.2, 0) is 125 Å². The lowest BCUT2D eigenvalue weighted by molar-refractivity contribution is -0.0555. The van der Waals surface area contributed by atoms with E-state index in [1.165, 1.54) is 36.4 Å². The Morgan fingerprint density at radius 1 is 0.362 bits per heavy atom. The van der Waals surface area contributed by atoms with E-state index in [4.69, 9.17) is 151 Å². The van der Waals surface area contributed by atoms with E-state index in [2.05, 4.69) is 23.2 Å². The van der Waals surface area contributed by atoms with Crippen LogP contribution in [0.5, 0.6) is 0 Å². The maximum absolute atomic E-state index is 14.7. The summed E-state index contributed by atoms with van der Waals surface area (Å²) in [7, 11) is -42.4. The van der Waals surface area contributed by atoms with Gasteiger partial charge in [0.2, 0.25) is 0 Å². The molecule has 0 amide bonds. The number of aliphatic hydroxyl groups excluding tert-OH is 8. The van der Waals surface area contributed by atoms with Gasteiger partial charge in [-0.05, 0) is 24.1 Å². The van der Waals surface area contributed by atoms with E-state index in [-0.39, 0.29) is 34.2 Å². The second-order valence-corrected chi connectivity index (χ2v) is 58.0. The molecule has 20 N–H and O–H groups in total. The quantitative estimate of drug-likeness (QED) is 0.0154. The first-order chi connectivity index (χ1) is 68.3. The standard InChI is InChI=1S/C19H22Cl2N4O11P2.3C18H20Cl2F2N2O11P2/c1-23-12-5-3-2-4-10(12)11(22-23)8-25-14(26)6-7-24(18(25)29)17-16(28)15(27)13(36-17)9-35-38(33,34)19(20,21)37(30,31)32;19-18(20,36(29,30)31)37(32,33)34-8-12-14(26)15(27)16(35-12)24-6-4-13(25)23(17(24)28)5-3-9-1-2-10(21)7-11(9)22;2*19-18(20,36(29,30)31)37(32,33)34-8-11-13(26)14(27)15(35-11)23-7-6-12(25)24(16(23)28)9-17(21,22)10-4-2-1-3-5-10/h2-7,13,15-17,27-28H,8-9H2,1H3,(H,33,34)(H2,30,31,32);1-2,4,6-7,12,14-16,26-27H,3,5,8H2,(H,32,33)(H2,29,30,31);2*1-7,11,13-15,26-27H,8-9H2,(H,32,33)(H2,29,30,31)/t13-,15?,16+,17-;12-,14?,15+,16-;2*11-,13?,14+,15-/m1111/s1. The molecule has 4 aliphatic heterocycles. The fraction of sp³-hybridized carbons (Fsp3) is 0.438. The van der Waals surface area contributed by atoms with E-state index in [0.29, 0.717) is 30.8 Å². The van der Waals surface area contributed by atoms with Crippen LogP contribution in [0.25, 0.3) is 10.9 Å². The molecule has 4 aliphatic rings. The number of para-hydroxylation sites is 1.